The molecule has 0 aliphatic rings. The molecule has 45 heavy (non-hydrogen) atoms. The largest absolute Gasteiger partial charge is 0.453 e. The number of ether oxygens (including phenoxy) is 1. The second-order valence-electron chi connectivity index (χ2n) is 11.5. The summed E-state index contributed by atoms with van der Waals surface area (Å²) in [4.78, 5) is 44.1. The molecule has 0 fully saturated rings. The average Bonchev–Trinajstić information content (AvgIpc) is 3.38. The monoisotopic (exact) mass is 618 g/mol. The highest BCUT2D eigenvalue weighted by molar-refractivity contribution is 5.97. The molecule has 2 aromatic carbocycles. The maximum atomic E-state index is 15.3. The van der Waals surface area contributed by atoms with Crippen LogP contribution in [0.25, 0.3) is 16.7 Å². The third-order valence-corrected chi connectivity index (χ3v) is 7.47. The van der Waals surface area contributed by atoms with Gasteiger partial charge in [0.1, 0.15) is 22.5 Å². The molecular formula is C32H32F2N6O5. The number of aliphatic hydroxyl groups is 1. The van der Waals surface area contributed by atoms with Crippen molar-refractivity contribution in [3.05, 3.63) is 105 Å². The van der Waals surface area contributed by atoms with Crippen LogP contribution in [0.5, 0.6) is 11.5 Å². The van der Waals surface area contributed by atoms with Gasteiger partial charge in [-0.15, -0.1) is 0 Å². The number of ketones is 1. The first kappa shape index (κ1) is 31.3. The van der Waals surface area contributed by atoms with Crippen molar-refractivity contribution in [1.82, 2.24) is 24.3 Å². The first-order chi connectivity index (χ1) is 21.2. The highest BCUT2D eigenvalue weighted by atomic mass is 19.1. The molecule has 3 heterocycles. The molecule has 0 radical (unpaired) electrons. The molecule has 3 N–H and O–H groups in total. The van der Waals surface area contributed by atoms with Gasteiger partial charge in [-0.2, -0.15) is 5.10 Å². The van der Waals surface area contributed by atoms with Crippen molar-refractivity contribution >= 4 is 22.6 Å². The SMILES string of the molecule is CC(C)n1cc(C(=O)Cc2ccc(Oc3ccnc4[nH]nc(N[C@@H](C)C(C)(C)O)c34)c(F)c2)c(=O)n(-c2ccc(F)cc2)c1=O. The molecule has 0 bridgehead atoms. The summed E-state index contributed by atoms with van der Waals surface area (Å²) in [6, 6.07) is 9.52. The van der Waals surface area contributed by atoms with Crippen LogP contribution in [-0.2, 0) is 6.42 Å². The predicted molar refractivity (Wildman–Crippen MR) is 164 cm³/mol. The maximum Gasteiger partial charge on any atom is 0.335 e. The Kier molecular flexibility index (Phi) is 8.39. The van der Waals surface area contributed by atoms with Gasteiger partial charge in [-0.3, -0.25) is 19.3 Å². The normalized spacial score (nSPS) is 12.5. The molecule has 0 saturated carbocycles. The topological polar surface area (TPSA) is 144 Å². The molecule has 1 atom stereocenters. The van der Waals surface area contributed by atoms with E-state index in [9.17, 15) is 23.9 Å². The van der Waals surface area contributed by atoms with Crippen molar-refractivity contribution in [2.24, 2.45) is 0 Å². The Labute approximate surface area is 256 Å². The number of nitrogens with one attached hydrogen (secondary N) is 2. The average molecular weight is 619 g/mol. The van der Waals surface area contributed by atoms with Crippen molar-refractivity contribution in [1.29, 1.82) is 0 Å². The number of rotatable bonds is 10. The fraction of sp³-hybridized carbons (Fsp3) is 0.281. The quantitative estimate of drug-likeness (QED) is 0.187. The van der Waals surface area contributed by atoms with Gasteiger partial charge >= 0.3 is 5.69 Å². The van der Waals surface area contributed by atoms with Crippen LogP contribution in [0.4, 0.5) is 14.6 Å². The zero-order chi connectivity index (χ0) is 32.6. The zero-order valence-electron chi connectivity index (χ0n) is 25.3. The summed E-state index contributed by atoms with van der Waals surface area (Å²) in [6.45, 7) is 8.53. The summed E-state index contributed by atoms with van der Waals surface area (Å²) in [5.74, 6) is -1.46. The fourth-order valence-corrected chi connectivity index (χ4v) is 4.58. The lowest BCUT2D eigenvalue weighted by atomic mass is 10.0. The highest BCUT2D eigenvalue weighted by Crippen LogP contribution is 2.34. The van der Waals surface area contributed by atoms with Crippen LogP contribution < -0.4 is 21.3 Å². The predicted octanol–water partition coefficient (Wildman–Crippen LogP) is 4.92. The smallest absolute Gasteiger partial charge is 0.335 e. The van der Waals surface area contributed by atoms with Crippen LogP contribution in [0.3, 0.4) is 0 Å². The Bertz CT molecular complexity index is 2010. The minimum absolute atomic E-state index is 0.110. The van der Waals surface area contributed by atoms with Crippen LogP contribution in [0.2, 0.25) is 0 Å². The van der Waals surface area contributed by atoms with Crippen LogP contribution >= 0.6 is 0 Å². The number of hydrogen-bond donors (Lipinski definition) is 3. The summed E-state index contributed by atoms with van der Waals surface area (Å²) in [7, 11) is 0. The molecule has 13 heteroatoms. The van der Waals surface area contributed by atoms with Gasteiger partial charge in [0.25, 0.3) is 5.56 Å². The summed E-state index contributed by atoms with van der Waals surface area (Å²) >= 11 is 0. The third-order valence-electron chi connectivity index (χ3n) is 7.47. The molecular weight excluding hydrogens is 586 g/mol. The van der Waals surface area contributed by atoms with Gasteiger partial charge in [0.05, 0.1) is 17.3 Å². The van der Waals surface area contributed by atoms with E-state index in [4.69, 9.17) is 4.74 Å². The molecule has 11 nitrogen and oxygen atoms in total. The number of carbonyl (C=O) groups is 1. The number of benzene rings is 2. The summed E-state index contributed by atoms with van der Waals surface area (Å²) in [5.41, 5.74) is -2.11. The summed E-state index contributed by atoms with van der Waals surface area (Å²) in [5, 5.41) is 20.9. The maximum absolute atomic E-state index is 15.3. The lowest BCUT2D eigenvalue weighted by molar-refractivity contribution is 0.0648. The highest BCUT2D eigenvalue weighted by Gasteiger charge is 2.25. The van der Waals surface area contributed by atoms with Crippen molar-refractivity contribution in [3.8, 4) is 17.2 Å². The first-order valence-electron chi connectivity index (χ1n) is 14.2. The third kappa shape index (κ3) is 6.38. The zero-order valence-corrected chi connectivity index (χ0v) is 25.3. The number of H-pyrrole nitrogens is 1. The van der Waals surface area contributed by atoms with Gasteiger partial charge in [-0.1, -0.05) is 6.07 Å². The Morgan fingerprint density at radius 2 is 1.78 bits per heavy atom. The van der Waals surface area contributed by atoms with Crippen molar-refractivity contribution < 1.29 is 23.4 Å². The molecule has 0 spiro atoms. The Balaban J connectivity index is 1.43. The number of halogens is 2. The van der Waals surface area contributed by atoms with Gasteiger partial charge < -0.3 is 15.2 Å². The number of pyridine rings is 1. The molecule has 0 unspecified atom stereocenters. The van der Waals surface area contributed by atoms with E-state index < -0.39 is 46.4 Å². The molecule has 5 aromatic rings. The molecule has 0 amide bonds. The second-order valence-corrected chi connectivity index (χ2v) is 11.5. The van der Waals surface area contributed by atoms with Gasteiger partial charge in [0.15, 0.2) is 28.8 Å². The van der Waals surface area contributed by atoms with Crippen LogP contribution in [0.15, 0.2) is 70.5 Å². The van der Waals surface area contributed by atoms with Crippen molar-refractivity contribution in [3.63, 3.8) is 0 Å². The Morgan fingerprint density at radius 1 is 1.07 bits per heavy atom. The van der Waals surface area contributed by atoms with Crippen LogP contribution in [0, 0.1) is 11.6 Å². The van der Waals surface area contributed by atoms with Crippen LogP contribution in [0.1, 0.15) is 56.6 Å². The van der Waals surface area contributed by atoms with Crippen molar-refractivity contribution in [2.75, 3.05) is 5.32 Å². The standard InChI is InChI=1S/C32H32F2N6O5/c1-17(2)39-16-22(30(42)40(31(39)43)21-9-7-20(33)8-10-21)24(41)15-19-6-11-25(23(34)14-19)45-26-12-13-35-28-27(26)29(38-37-28)36-18(3)32(4,5)44/h6-14,16-18,44H,15H2,1-5H3,(H2,35,36,37,38)/t18-/m0/s1. The lowest BCUT2D eigenvalue weighted by Crippen LogP contribution is -2.42. The van der Waals surface area contributed by atoms with E-state index in [0.717, 1.165) is 22.8 Å². The van der Waals surface area contributed by atoms with E-state index in [0.29, 0.717) is 16.9 Å². The number of aromatic amines is 1. The van der Waals surface area contributed by atoms with Crippen LogP contribution in [-0.4, -0.2) is 46.8 Å². The lowest BCUT2D eigenvalue weighted by Gasteiger charge is -2.26. The molecule has 234 valence electrons. The minimum atomic E-state index is -1.06. The van der Waals surface area contributed by atoms with Gasteiger partial charge in [0.2, 0.25) is 0 Å². The van der Waals surface area contributed by atoms with E-state index in [1.165, 1.54) is 41.2 Å². The van der Waals surface area contributed by atoms with E-state index in [1.54, 1.807) is 40.7 Å². The molecule has 3 aromatic heterocycles. The minimum Gasteiger partial charge on any atom is -0.453 e. The molecule has 0 saturated heterocycles. The van der Waals surface area contributed by atoms with Gasteiger partial charge in [-0.05, 0) is 76.6 Å². The number of nitrogens with zero attached hydrogens (tertiary/aromatic N) is 4. The van der Waals surface area contributed by atoms with Gasteiger partial charge in [-0.25, -0.2) is 23.1 Å². The van der Waals surface area contributed by atoms with E-state index in [-0.39, 0.29) is 34.7 Å². The summed E-state index contributed by atoms with van der Waals surface area (Å²) < 4.78 is 36.8. The van der Waals surface area contributed by atoms with E-state index in [2.05, 4.69) is 20.5 Å². The van der Waals surface area contributed by atoms with Crippen molar-refractivity contribution in [2.45, 2.75) is 58.7 Å². The number of anilines is 1. The van der Waals surface area contributed by atoms with E-state index >= 15 is 4.39 Å². The second kappa shape index (κ2) is 12.1. The number of carbonyl (C=O) groups excluding carboxylic acids is 1. The Morgan fingerprint density at radius 3 is 2.42 bits per heavy atom. The number of hydrogen-bond acceptors (Lipinski definition) is 8. The Hall–Kier alpha value is -5.17. The van der Waals surface area contributed by atoms with E-state index in [1.807, 2.05) is 0 Å². The fourth-order valence-electron chi connectivity index (χ4n) is 4.58. The molecule has 5 rings (SSSR count). The number of fused-ring (bicyclic) bond motifs is 1. The first-order valence-corrected chi connectivity index (χ1v) is 14.2. The number of aromatic nitrogens is 5. The molecule has 0 aliphatic carbocycles. The number of Topliss-reactive ketones (excluding diaryl/α,β-unsaturated/α-hetero) is 1. The summed E-state index contributed by atoms with van der Waals surface area (Å²) in [6.07, 6.45) is 2.34. The van der Waals surface area contributed by atoms with Gasteiger partial charge in [0, 0.05) is 30.9 Å². The molecule has 0 aliphatic heterocycles.